The zero-order valence-corrected chi connectivity index (χ0v) is 15.9. The average molecular weight is 376 g/mol. The third-order valence-corrected chi connectivity index (χ3v) is 4.58. The van der Waals surface area contributed by atoms with Gasteiger partial charge in [0.2, 0.25) is 0 Å². The number of hydrogen-bond acceptors (Lipinski definition) is 5. The van der Waals surface area contributed by atoms with Crippen molar-refractivity contribution in [2.24, 2.45) is 22.2 Å². The highest BCUT2D eigenvalue weighted by atomic mass is 32.1. The topological polar surface area (TPSA) is 112 Å². The second-order valence-electron chi connectivity index (χ2n) is 6.02. The molecule has 2 aromatic rings. The smallest absolute Gasteiger partial charge is 0.185 e. The summed E-state index contributed by atoms with van der Waals surface area (Å²) in [5.41, 5.74) is 19.8. The number of aliphatic imine (C=N–C) groups is 1. The lowest BCUT2D eigenvalue weighted by Gasteiger charge is -2.14. The average Bonchev–Trinajstić information content (AvgIpc) is 3.16. The number of nitrogens with one attached hydrogen (secondary N) is 1. The SMILES string of the molecule is NCCCOc1ccc(-c2ccsc2)cc1CNCCCCN=C(N)N. The zero-order chi connectivity index (χ0) is 18.6. The monoisotopic (exact) mass is 375 g/mol. The van der Waals surface area contributed by atoms with Crippen LogP contribution in [-0.4, -0.2) is 32.2 Å². The van der Waals surface area contributed by atoms with Crippen LogP contribution in [0, 0.1) is 0 Å². The molecule has 26 heavy (non-hydrogen) atoms. The van der Waals surface area contributed by atoms with E-state index in [-0.39, 0.29) is 5.96 Å². The zero-order valence-electron chi connectivity index (χ0n) is 15.1. The van der Waals surface area contributed by atoms with Crippen molar-refractivity contribution < 1.29 is 4.74 Å². The summed E-state index contributed by atoms with van der Waals surface area (Å²) in [4.78, 5) is 3.99. The molecular weight excluding hydrogens is 346 g/mol. The first-order valence-corrected chi connectivity index (χ1v) is 9.89. The molecule has 6 nitrogen and oxygen atoms in total. The molecule has 142 valence electrons. The molecule has 0 spiro atoms. The van der Waals surface area contributed by atoms with Gasteiger partial charge in [-0.2, -0.15) is 11.3 Å². The van der Waals surface area contributed by atoms with Crippen LogP contribution in [0.4, 0.5) is 0 Å². The summed E-state index contributed by atoms with van der Waals surface area (Å²) in [5, 5.41) is 7.73. The van der Waals surface area contributed by atoms with Crippen molar-refractivity contribution in [1.29, 1.82) is 0 Å². The number of guanidine groups is 1. The molecule has 7 heteroatoms. The molecule has 0 unspecified atom stereocenters. The molecule has 1 heterocycles. The lowest BCUT2D eigenvalue weighted by molar-refractivity contribution is 0.309. The van der Waals surface area contributed by atoms with E-state index in [9.17, 15) is 0 Å². The van der Waals surface area contributed by atoms with E-state index in [2.05, 4.69) is 45.3 Å². The van der Waals surface area contributed by atoms with E-state index in [0.29, 0.717) is 19.7 Å². The van der Waals surface area contributed by atoms with Crippen LogP contribution in [-0.2, 0) is 6.54 Å². The van der Waals surface area contributed by atoms with Crippen LogP contribution in [0.15, 0.2) is 40.0 Å². The molecule has 0 bridgehead atoms. The standard InChI is InChI=1S/C19H29N5OS/c20-7-3-10-25-18-5-4-15(16-6-11-26-14-16)12-17(18)13-23-8-1-2-9-24-19(21)22/h4-6,11-12,14,23H,1-3,7-10,13,20H2,(H4,21,22,24). The number of benzene rings is 1. The first-order chi connectivity index (χ1) is 12.7. The van der Waals surface area contributed by atoms with Gasteiger partial charge in [-0.3, -0.25) is 4.99 Å². The molecule has 0 aliphatic heterocycles. The van der Waals surface area contributed by atoms with Crippen molar-refractivity contribution in [1.82, 2.24) is 5.32 Å². The lowest BCUT2D eigenvalue weighted by Crippen LogP contribution is -2.23. The van der Waals surface area contributed by atoms with Crippen LogP contribution in [0.2, 0.25) is 0 Å². The Labute approximate surface area is 159 Å². The molecule has 0 amide bonds. The van der Waals surface area contributed by atoms with Gasteiger partial charge in [0.1, 0.15) is 5.75 Å². The van der Waals surface area contributed by atoms with E-state index < -0.39 is 0 Å². The minimum atomic E-state index is 0.155. The highest BCUT2D eigenvalue weighted by Gasteiger charge is 2.07. The number of hydrogen-bond donors (Lipinski definition) is 4. The van der Waals surface area contributed by atoms with E-state index in [1.165, 1.54) is 11.1 Å². The Morgan fingerprint density at radius 3 is 2.73 bits per heavy atom. The molecule has 0 radical (unpaired) electrons. The quantitative estimate of drug-likeness (QED) is 0.258. The fraction of sp³-hybridized carbons (Fsp3) is 0.421. The first-order valence-electron chi connectivity index (χ1n) is 8.95. The van der Waals surface area contributed by atoms with Crippen molar-refractivity contribution in [3.8, 4) is 16.9 Å². The van der Waals surface area contributed by atoms with Crippen molar-refractivity contribution >= 4 is 17.3 Å². The Kier molecular flexibility index (Phi) is 8.95. The molecule has 0 atom stereocenters. The second kappa shape index (κ2) is 11.5. The molecule has 0 aliphatic rings. The fourth-order valence-electron chi connectivity index (χ4n) is 2.53. The van der Waals surface area contributed by atoms with Gasteiger partial charge in [-0.25, -0.2) is 0 Å². The molecular formula is C19H29N5OS. The molecule has 1 aromatic carbocycles. The second-order valence-corrected chi connectivity index (χ2v) is 6.80. The van der Waals surface area contributed by atoms with Gasteiger partial charge < -0.3 is 27.3 Å². The van der Waals surface area contributed by atoms with Gasteiger partial charge in [-0.05, 0) is 72.4 Å². The molecule has 0 saturated heterocycles. The molecule has 0 saturated carbocycles. The normalized spacial score (nSPS) is 10.7. The van der Waals surface area contributed by atoms with E-state index >= 15 is 0 Å². The van der Waals surface area contributed by atoms with E-state index in [0.717, 1.165) is 43.7 Å². The number of nitrogens with two attached hydrogens (primary N) is 3. The Morgan fingerprint density at radius 2 is 2.00 bits per heavy atom. The number of nitrogens with zero attached hydrogens (tertiary/aromatic N) is 1. The Hall–Kier alpha value is -2.09. The maximum atomic E-state index is 5.91. The molecule has 0 fully saturated rings. The number of thiophene rings is 1. The molecule has 2 rings (SSSR count). The van der Waals surface area contributed by atoms with Crippen molar-refractivity contribution in [2.75, 3.05) is 26.2 Å². The summed E-state index contributed by atoms with van der Waals surface area (Å²) >= 11 is 1.70. The van der Waals surface area contributed by atoms with Crippen LogP contribution in [0.3, 0.4) is 0 Å². The van der Waals surface area contributed by atoms with E-state index in [1.807, 2.05) is 0 Å². The Bertz CT molecular complexity index is 669. The minimum absolute atomic E-state index is 0.155. The van der Waals surface area contributed by atoms with Crippen LogP contribution < -0.4 is 27.3 Å². The number of ether oxygens (including phenoxy) is 1. The van der Waals surface area contributed by atoms with Gasteiger partial charge in [0.15, 0.2) is 5.96 Å². The number of unbranched alkanes of at least 4 members (excludes halogenated alkanes) is 1. The summed E-state index contributed by atoms with van der Waals surface area (Å²) in [6, 6.07) is 8.50. The van der Waals surface area contributed by atoms with Gasteiger partial charge in [-0.1, -0.05) is 6.07 Å². The fourth-order valence-corrected chi connectivity index (χ4v) is 3.19. The largest absolute Gasteiger partial charge is 0.493 e. The maximum absolute atomic E-state index is 5.91. The van der Waals surface area contributed by atoms with Crippen molar-refractivity contribution in [3.63, 3.8) is 0 Å². The summed E-state index contributed by atoms with van der Waals surface area (Å²) < 4.78 is 5.91. The van der Waals surface area contributed by atoms with Crippen LogP contribution in [0.1, 0.15) is 24.8 Å². The highest BCUT2D eigenvalue weighted by molar-refractivity contribution is 7.08. The lowest BCUT2D eigenvalue weighted by atomic mass is 10.0. The van der Waals surface area contributed by atoms with Crippen LogP contribution in [0.5, 0.6) is 5.75 Å². The summed E-state index contributed by atoms with van der Waals surface area (Å²) in [6.45, 7) is 3.62. The van der Waals surface area contributed by atoms with Gasteiger partial charge >= 0.3 is 0 Å². The highest BCUT2D eigenvalue weighted by Crippen LogP contribution is 2.28. The Morgan fingerprint density at radius 1 is 1.12 bits per heavy atom. The molecule has 0 aliphatic carbocycles. The van der Waals surface area contributed by atoms with Crippen LogP contribution >= 0.6 is 11.3 Å². The summed E-state index contributed by atoms with van der Waals surface area (Å²) in [5.74, 6) is 1.08. The first kappa shape index (κ1) is 20.2. The van der Waals surface area contributed by atoms with Gasteiger partial charge in [0, 0.05) is 18.7 Å². The van der Waals surface area contributed by atoms with E-state index in [4.69, 9.17) is 21.9 Å². The minimum Gasteiger partial charge on any atom is -0.493 e. The summed E-state index contributed by atoms with van der Waals surface area (Å²) in [6.07, 6.45) is 2.83. The van der Waals surface area contributed by atoms with Crippen LogP contribution in [0.25, 0.3) is 11.1 Å². The van der Waals surface area contributed by atoms with Gasteiger partial charge in [0.25, 0.3) is 0 Å². The molecule has 7 N–H and O–H groups in total. The summed E-state index contributed by atoms with van der Waals surface area (Å²) in [7, 11) is 0. The molecule has 1 aromatic heterocycles. The third-order valence-electron chi connectivity index (χ3n) is 3.89. The predicted octanol–water partition coefficient (Wildman–Crippen LogP) is 2.29. The maximum Gasteiger partial charge on any atom is 0.185 e. The van der Waals surface area contributed by atoms with Crippen molar-refractivity contribution in [2.45, 2.75) is 25.8 Å². The third kappa shape index (κ3) is 7.03. The van der Waals surface area contributed by atoms with Gasteiger partial charge in [0.05, 0.1) is 6.61 Å². The Balaban J connectivity index is 1.91. The van der Waals surface area contributed by atoms with E-state index in [1.54, 1.807) is 11.3 Å². The number of rotatable bonds is 12. The van der Waals surface area contributed by atoms with Crippen molar-refractivity contribution in [3.05, 3.63) is 40.6 Å². The van der Waals surface area contributed by atoms with Gasteiger partial charge in [-0.15, -0.1) is 0 Å². The predicted molar refractivity (Wildman–Crippen MR) is 111 cm³/mol.